The molecule has 0 radical (unpaired) electrons. The van der Waals surface area contributed by atoms with Crippen LogP contribution in [0.1, 0.15) is 26.3 Å². The number of nitrogens with zero attached hydrogens (tertiary/aromatic N) is 1. The molecule has 0 fully saturated rings. The van der Waals surface area contributed by atoms with Crippen molar-refractivity contribution in [2.24, 2.45) is 0 Å². The molecule has 0 saturated carbocycles. The van der Waals surface area contributed by atoms with Crippen molar-refractivity contribution in [1.82, 2.24) is 9.97 Å². The lowest BCUT2D eigenvalue weighted by atomic mass is 10.1. The molecule has 20 heavy (non-hydrogen) atoms. The number of nitrogens with one attached hydrogen (secondary N) is 1. The number of hydrogen-bond acceptors (Lipinski definition) is 3. The summed E-state index contributed by atoms with van der Waals surface area (Å²) in [5, 5.41) is 0.361. The van der Waals surface area contributed by atoms with Crippen molar-refractivity contribution >= 4 is 22.7 Å². The Labute approximate surface area is 118 Å². The van der Waals surface area contributed by atoms with E-state index in [2.05, 4.69) is 9.97 Å². The molecule has 0 aliphatic rings. The molecule has 3 nitrogen and oxygen atoms in total. The van der Waals surface area contributed by atoms with Gasteiger partial charge in [-0.1, -0.05) is 32.5 Å². The molecule has 2 rings (SSSR count). The van der Waals surface area contributed by atoms with Crippen LogP contribution in [0.15, 0.2) is 28.2 Å². The quantitative estimate of drug-likeness (QED) is 0.671. The van der Waals surface area contributed by atoms with Crippen LogP contribution < -0.4 is 5.56 Å². The highest BCUT2D eigenvalue weighted by Crippen LogP contribution is 2.30. The third kappa shape index (κ3) is 3.75. The third-order valence-electron chi connectivity index (χ3n) is 2.29. The van der Waals surface area contributed by atoms with Crippen molar-refractivity contribution in [3.63, 3.8) is 0 Å². The first-order valence-electron chi connectivity index (χ1n) is 6.16. The van der Waals surface area contributed by atoms with E-state index in [0.29, 0.717) is 5.16 Å². The van der Waals surface area contributed by atoms with E-state index in [4.69, 9.17) is 0 Å². The minimum absolute atomic E-state index is 0.0507. The van der Waals surface area contributed by atoms with Gasteiger partial charge in [0.1, 0.15) is 0 Å². The summed E-state index contributed by atoms with van der Waals surface area (Å²) < 4.78 is 37.5. The van der Waals surface area contributed by atoms with Gasteiger partial charge in [0.15, 0.2) is 5.16 Å². The molecule has 1 aromatic heterocycles. The van der Waals surface area contributed by atoms with E-state index in [-0.39, 0.29) is 10.9 Å². The average Bonchev–Trinajstić information content (AvgIpc) is 2.40. The van der Waals surface area contributed by atoms with Gasteiger partial charge in [0.2, 0.25) is 0 Å². The maximum Gasteiger partial charge on any atom is 0.416 e. The van der Waals surface area contributed by atoms with Gasteiger partial charge in [0, 0.05) is 0 Å². The normalized spacial score (nSPS) is 11.1. The molecule has 1 aromatic carbocycles. The molecule has 0 amide bonds. The average molecular weight is 304 g/mol. The Hall–Kier alpha value is -1.50. The fraction of sp³-hybridized carbons (Fsp3) is 0.385. The first-order valence-corrected chi connectivity index (χ1v) is 7.14. The number of thioether (sulfide) groups is 1. The minimum atomic E-state index is -4.46. The summed E-state index contributed by atoms with van der Waals surface area (Å²) in [6.45, 7) is 5.89. The number of hydrogen-bond donors (Lipinski definition) is 1. The van der Waals surface area contributed by atoms with Crippen LogP contribution in [0, 0.1) is 0 Å². The Morgan fingerprint density at radius 3 is 2.50 bits per heavy atom. The lowest BCUT2D eigenvalue weighted by Crippen LogP contribution is -2.12. The van der Waals surface area contributed by atoms with E-state index >= 15 is 0 Å². The fourth-order valence-electron chi connectivity index (χ4n) is 1.50. The highest BCUT2D eigenvalue weighted by atomic mass is 32.2. The number of benzene rings is 1. The van der Waals surface area contributed by atoms with Gasteiger partial charge in [-0.3, -0.25) is 4.79 Å². The van der Waals surface area contributed by atoms with Gasteiger partial charge >= 0.3 is 6.18 Å². The lowest BCUT2D eigenvalue weighted by molar-refractivity contribution is -0.137. The zero-order valence-electron chi connectivity index (χ0n) is 11.3. The molecule has 1 heterocycles. The van der Waals surface area contributed by atoms with Gasteiger partial charge in [0.25, 0.3) is 5.56 Å². The molecule has 2 aromatic rings. The van der Waals surface area contributed by atoms with Crippen LogP contribution in [0.4, 0.5) is 13.2 Å². The molecule has 0 saturated heterocycles. The molecule has 1 N–H and O–H groups in total. The molecule has 7 heteroatoms. The van der Waals surface area contributed by atoms with Gasteiger partial charge in [-0.2, -0.15) is 13.2 Å². The van der Waals surface area contributed by atoms with Gasteiger partial charge in [-0.05, 0) is 24.0 Å². The number of aromatic amines is 1. The summed E-state index contributed by atoms with van der Waals surface area (Å²) in [6.07, 6.45) is -4.46. The number of alkyl halides is 3. The van der Waals surface area contributed by atoms with Crippen molar-refractivity contribution in [1.29, 1.82) is 0 Å². The zero-order valence-corrected chi connectivity index (χ0v) is 12.2. The van der Waals surface area contributed by atoms with E-state index in [1.165, 1.54) is 17.8 Å². The summed E-state index contributed by atoms with van der Waals surface area (Å²) in [6, 6.07) is 2.96. The molecule has 0 atom stereocenters. The third-order valence-corrected chi connectivity index (χ3v) is 3.05. The lowest BCUT2D eigenvalue weighted by Gasteiger charge is -2.07. The number of H-pyrrole nitrogens is 1. The number of fused-ring (bicyclic) bond motifs is 1. The second-order valence-corrected chi connectivity index (χ2v) is 4.79. The Balaban J connectivity index is 0.000000956. The van der Waals surface area contributed by atoms with Crippen LogP contribution >= 0.6 is 11.8 Å². The molecule has 0 bridgehead atoms. The van der Waals surface area contributed by atoms with E-state index in [9.17, 15) is 18.0 Å². The summed E-state index contributed by atoms with van der Waals surface area (Å²) in [5.74, 6) is 0.717. The minimum Gasteiger partial charge on any atom is -0.301 e. The van der Waals surface area contributed by atoms with Gasteiger partial charge < -0.3 is 4.98 Å². The molecule has 0 aliphatic heterocycles. The van der Waals surface area contributed by atoms with Crippen LogP contribution in [0.5, 0.6) is 0 Å². The number of rotatable bonds is 2. The van der Waals surface area contributed by atoms with Crippen LogP contribution in [-0.2, 0) is 6.18 Å². The summed E-state index contributed by atoms with van der Waals surface area (Å²) in [7, 11) is 0. The molecule has 0 unspecified atom stereocenters. The van der Waals surface area contributed by atoms with Crippen LogP contribution in [0.2, 0.25) is 0 Å². The SMILES string of the molecule is CC.CCSc1nc2ccc(C(F)(F)F)cc2c(=O)[nH]1. The number of aromatic nitrogens is 2. The first-order chi connectivity index (χ1) is 9.41. The van der Waals surface area contributed by atoms with Crippen molar-refractivity contribution in [2.45, 2.75) is 32.1 Å². The second kappa shape index (κ2) is 6.78. The van der Waals surface area contributed by atoms with E-state index < -0.39 is 17.3 Å². The largest absolute Gasteiger partial charge is 0.416 e. The van der Waals surface area contributed by atoms with Gasteiger partial charge in [-0.25, -0.2) is 4.98 Å². The Morgan fingerprint density at radius 1 is 1.30 bits per heavy atom. The first kappa shape index (κ1) is 16.6. The summed E-state index contributed by atoms with van der Waals surface area (Å²) >= 11 is 1.33. The molecule has 0 spiro atoms. The second-order valence-electron chi connectivity index (χ2n) is 3.53. The van der Waals surface area contributed by atoms with Crippen LogP contribution in [0.3, 0.4) is 0 Å². The van der Waals surface area contributed by atoms with E-state index in [0.717, 1.165) is 17.9 Å². The topological polar surface area (TPSA) is 45.8 Å². The zero-order chi connectivity index (χ0) is 15.3. The molecule has 0 aliphatic carbocycles. The molecular formula is C13H15F3N2OS. The fourth-order valence-corrected chi connectivity index (χ4v) is 2.10. The summed E-state index contributed by atoms with van der Waals surface area (Å²) in [5.41, 5.74) is -1.14. The van der Waals surface area contributed by atoms with Crippen molar-refractivity contribution in [3.8, 4) is 0 Å². The predicted octanol–water partition coefficient (Wildman–Crippen LogP) is 4.08. The van der Waals surface area contributed by atoms with E-state index in [1.54, 1.807) is 0 Å². The molecule has 110 valence electrons. The van der Waals surface area contributed by atoms with Crippen molar-refractivity contribution in [2.75, 3.05) is 5.75 Å². The van der Waals surface area contributed by atoms with Crippen LogP contribution in [0.25, 0.3) is 10.9 Å². The number of halogens is 3. The summed E-state index contributed by atoms with van der Waals surface area (Å²) in [4.78, 5) is 18.2. The highest BCUT2D eigenvalue weighted by Gasteiger charge is 2.30. The van der Waals surface area contributed by atoms with Gasteiger partial charge in [-0.15, -0.1) is 0 Å². The standard InChI is InChI=1S/C11H9F3N2OS.C2H6/c1-2-18-10-15-8-4-3-6(11(12,13)14)5-7(8)9(17)16-10;1-2/h3-5H,2H2,1H3,(H,15,16,17);1-2H3. The van der Waals surface area contributed by atoms with Crippen molar-refractivity contribution in [3.05, 3.63) is 34.1 Å². The smallest absolute Gasteiger partial charge is 0.301 e. The maximum atomic E-state index is 12.5. The Bertz CT molecular complexity index is 638. The maximum absolute atomic E-state index is 12.5. The Morgan fingerprint density at radius 2 is 1.95 bits per heavy atom. The van der Waals surface area contributed by atoms with Crippen molar-refractivity contribution < 1.29 is 13.2 Å². The highest BCUT2D eigenvalue weighted by molar-refractivity contribution is 7.99. The van der Waals surface area contributed by atoms with Crippen LogP contribution in [-0.4, -0.2) is 15.7 Å². The van der Waals surface area contributed by atoms with E-state index in [1.807, 2.05) is 20.8 Å². The monoisotopic (exact) mass is 304 g/mol. The Kier molecular flexibility index (Phi) is 5.62. The predicted molar refractivity (Wildman–Crippen MR) is 75.1 cm³/mol. The molecular weight excluding hydrogens is 289 g/mol. The van der Waals surface area contributed by atoms with Gasteiger partial charge in [0.05, 0.1) is 16.5 Å².